The number of carbonyl (C=O) groups is 2. The van der Waals surface area contributed by atoms with Crippen molar-refractivity contribution in [3.63, 3.8) is 0 Å². The summed E-state index contributed by atoms with van der Waals surface area (Å²) in [6.07, 6.45) is 2.40. The highest BCUT2D eigenvalue weighted by atomic mass is 16.5. The number of carbonyl (C=O) groups excluding carboxylic acids is 2. The third-order valence-corrected chi connectivity index (χ3v) is 5.01. The maximum absolute atomic E-state index is 13.1. The Kier molecular flexibility index (Phi) is 5.34. The largest absolute Gasteiger partial charge is 0.506 e. The van der Waals surface area contributed by atoms with Crippen LogP contribution in [0.2, 0.25) is 0 Å². The first kappa shape index (κ1) is 18.8. The number of aromatic nitrogens is 2. The quantitative estimate of drug-likeness (QED) is 0.783. The lowest BCUT2D eigenvalue weighted by molar-refractivity contribution is -0.142. The van der Waals surface area contributed by atoms with Gasteiger partial charge >= 0.3 is 0 Å². The van der Waals surface area contributed by atoms with Crippen molar-refractivity contribution in [3.8, 4) is 11.5 Å². The van der Waals surface area contributed by atoms with E-state index in [-0.39, 0.29) is 23.3 Å². The van der Waals surface area contributed by atoms with Gasteiger partial charge in [0.1, 0.15) is 11.5 Å². The Labute approximate surface area is 157 Å². The second kappa shape index (κ2) is 7.69. The molecule has 0 aliphatic carbocycles. The van der Waals surface area contributed by atoms with Crippen molar-refractivity contribution < 1.29 is 19.4 Å². The molecule has 2 aromatic rings. The van der Waals surface area contributed by atoms with Crippen molar-refractivity contribution in [2.45, 2.75) is 25.8 Å². The van der Waals surface area contributed by atoms with Crippen molar-refractivity contribution in [2.24, 2.45) is 13.0 Å². The molecular weight excluding hydrogens is 348 g/mol. The first-order valence-electron chi connectivity index (χ1n) is 8.91. The second-order valence-corrected chi connectivity index (χ2v) is 6.52. The molecule has 1 fully saturated rings. The van der Waals surface area contributed by atoms with E-state index in [1.165, 1.54) is 13.2 Å². The minimum atomic E-state index is -0.455. The highest BCUT2D eigenvalue weighted by Gasteiger charge is 2.41. The Morgan fingerprint density at radius 1 is 1.41 bits per heavy atom. The summed E-state index contributed by atoms with van der Waals surface area (Å²) in [6, 6.07) is 6.07. The molecule has 1 aliphatic rings. The third-order valence-electron chi connectivity index (χ3n) is 5.01. The van der Waals surface area contributed by atoms with Crippen molar-refractivity contribution in [1.82, 2.24) is 14.7 Å². The average molecular weight is 372 g/mol. The van der Waals surface area contributed by atoms with Gasteiger partial charge in [0.15, 0.2) is 0 Å². The molecule has 8 heteroatoms. The van der Waals surface area contributed by atoms with E-state index in [2.05, 4.69) is 10.4 Å². The second-order valence-electron chi connectivity index (χ2n) is 6.52. The number of anilines is 1. The Morgan fingerprint density at radius 2 is 2.19 bits per heavy atom. The Balaban J connectivity index is 1.92. The topological polar surface area (TPSA) is 96.7 Å². The van der Waals surface area contributed by atoms with Gasteiger partial charge in [-0.15, -0.1) is 0 Å². The maximum atomic E-state index is 13.1. The van der Waals surface area contributed by atoms with Crippen LogP contribution in [-0.2, 0) is 16.6 Å². The number of methoxy groups -OCH3 is 1. The van der Waals surface area contributed by atoms with E-state index in [1.807, 2.05) is 13.0 Å². The minimum absolute atomic E-state index is 0.0250. The van der Waals surface area contributed by atoms with Gasteiger partial charge in [-0.25, -0.2) is 0 Å². The predicted molar refractivity (Wildman–Crippen MR) is 99.3 cm³/mol. The van der Waals surface area contributed by atoms with Crippen LogP contribution in [0, 0.1) is 5.92 Å². The van der Waals surface area contributed by atoms with Gasteiger partial charge in [0, 0.05) is 32.3 Å². The number of likely N-dealkylation sites (tertiary alicyclic amines) is 1. The third kappa shape index (κ3) is 3.60. The van der Waals surface area contributed by atoms with Crippen LogP contribution in [0.3, 0.4) is 0 Å². The number of phenolic OH excluding ortho intramolecular Hbond substituents is 1. The van der Waals surface area contributed by atoms with Crippen LogP contribution in [0.4, 0.5) is 5.69 Å². The zero-order chi connectivity index (χ0) is 19.6. The Morgan fingerprint density at radius 3 is 2.81 bits per heavy atom. The molecule has 0 radical (unpaired) electrons. The van der Waals surface area contributed by atoms with Crippen LogP contribution in [0.5, 0.6) is 11.5 Å². The molecule has 2 amide bonds. The minimum Gasteiger partial charge on any atom is -0.506 e. The number of phenols is 1. The van der Waals surface area contributed by atoms with E-state index in [0.717, 1.165) is 5.69 Å². The van der Waals surface area contributed by atoms with Gasteiger partial charge in [0.2, 0.25) is 11.8 Å². The number of amides is 2. The maximum Gasteiger partial charge on any atom is 0.230 e. The Bertz CT molecular complexity index is 848. The van der Waals surface area contributed by atoms with Crippen LogP contribution in [0.15, 0.2) is 30.5 Å². The predicted octanol–water partition coefficient (Wildman–Crippen LogP) is 2.07. The van der Waals surface area contributed by atoms with Crippen LogP contribution < -0.4 is 10.1 Å². The Hall–Kier alpha value is -3.03. The van der Waals surface area contributed by atoms with E-state index in [9.17, 15) is 14.7 Å². The van der Waals surface area contributed by atoms with E-state index in [1.54, 1.807) is 35.0 Å². The first-order chi connectivity index (χ1) is 13.0. The molecule has 0 spiro atoms. The molecule has 2 N–H and O–H groups in total. The fourth-order valence-corrected chi connectivity index (χ4v) is 3.61. The lowest BCUT2D eigenvalue weighted by Crippen LogP contribution is -2.47. The van der Waals surface area contributed by atoms with Gasteiger partial charge in [0.05, 0.1) is 30.5 Å². The lowest BCUT2D eigenvalue weighted by atomic mass is 9.85. The van der Waals surface area contributed by atoms with Gasteiger partial charge in [-0.3, -0.25) is 14.3 Å². The molecule has 2 atom stereocenters. The van der Waals surface area contributed by atoms with Gasteiger partial charge in [-0.1, -0.05) is 0 Å². The van der Waals surface area contributed by atoms with Gasteiger partial charge in [-0.05, 0) is 31.5 Å². The number of aromatic hydroxyl groups is 1. The summed E-state index contributed by atoms with van der Waals surface area (Å²) < 4.78 is 6.84. The molecule has 27 heavy (non-hydrogen) atoms. The highest BCUT2D eigenvalue weighted by molar-refractivity contribution is 5.96. The van der Waals surface area contributed by atoms with Crippen LogP contribution in [0.1, 0.15) is 31.5 Å². The van der Waals surface area contributed by atoms with Crippen LogP contribution in [-0.4, -0.2) is 45.3 Å². The molecule has 0 saturated carbocycles. The SMILES string of the molecule is CCN1C(=O)CC[C@H](C(=O)Nc2cc(OC)ccc2O)[C@H]1c1ccnn1C. The number of ether oxygens (including phenoxy) is 1. The number of hydrogen-bond donors (Lipinski definition) is 2. The smallest absolute Gasteiger partial charge is 0.230 e. The van der Waals surface area contributed by atoms with E-state index in [0.29, 0.717) is 25.1 Å². The molecular formula is C19H24N4O4. The van der Waals surface area contributed by atoms with E-state index in [4.69, 9.17) is 4.74 Å². The fraction of sp³-hybridized carbons (Fsp3) is 0.421. The summed E-state index contributed by atoms with van der Waals surface area (Å²) in [7, 11) is 3.31. The first-order valence-corrected chi connectivity index (χ1v) is 8.91. The van der Waals surface area contributed by atoms with Crippen molar-refractivity contribution >= 4 is 17.5 Å². The lowest BCUT2D eigenvalue weighted by Gasteiger charge is -2.40. The summed E-state index contributed by atoms with van der Waals surface area (Å²) in [5.41, 5.74) is 1.09. The molecule has 1 aliphatic heterocycles. The van der Waals surface area contributed by atoms with E-state index < -0.39 is 12.0 Å². The van der Waals surface area contributed by atoms with Crippen molar-refractivity contribution in [2.75, 3.05) is 19.0 Å². The summed E-state index contributed by atoms with van der Waals surface area (Å²) in [4.78, 5) is 27.2. The molecule has 8 nitrogen and oxygen atoms in total. The molecule has 144 valence electrons. The average Bonchev–Trinajstić information content (AvgIpc) is 3.08. The summed E-state index contributed by atoms with van der Waals surface area (Å²) in [6.45, 7) is 2.40. The molecule has 1 saturated heterocycles. The summed E-state index contributed by atoms with van der Waals surface area (Å²) in [5, 5.41) is 17.0. The zero-order valence-corrected chi connectivity index (χ0v) is 15.7. The number of nitrogens with one attached hydrogen (secondary N) is 1. The molecule has 0 bridgehead atoms. The number of aryl methyl sites for hydroxylation is 1. The summed E-state index contributed by atoms with van der Waals surface area (Å²) in [5.74, 6) is -0.197. The van der Waals surface area contributed by atoms with Crippen LogP contribution in [0.25, 0.3) is 0 Å². The fourth-order valence-electron chi connectivity index (χ4n) is 3.61. The van der Waals surface area contributed by atoms with Crippen molar-refractivity contribution in [1.29, 1.82) is 0 Å². The number of hydrogen-bond acceptors (Lipinski definition) is 5. The molecule has 2 heterocycles. The highest BCUT2D eigenvalue weighted by Crippen LogP contribution is 2.38. The summed E-state index contributed by atoms with van der Waals surface area (Å²) >= 11 is 0. The van der Waals surface area contributed by atoms with Crippen LogP contribution >= 0.6 is 0 Å². The molecule has 1 aromatic heterocycles. The number of piperidine rings is 1. The molecule has 0 unspecified atom stereocenters. The van der Waals surface area contributed by atoms with E-state index >= 15 is 0 Å². The monoisotopic (exact) mass is 372 g/mol. The number of benzene rings is 1. The van der Waals surface area contributed by atoms with Gasteiger partial charge in [0.25, 0.3) is 0 Å². The van der Waals surface area contributed by atoms with Crippen molar-refractivity contribution in [3.05, 3.63) is 36.2 Å². The standard InChI is InChI=1S/C19H24N4O4/c1-4-23-17(25)8-6-13(18(23)15-9-10-20-22(15)2)19(26)21-14-11-12(27-3)5-7-16(14)24/h5,7,9-11,13,18,24H,4,6,8H2,1-3H3,(H,21,26)/t13-,18-/m0/s1. The normalized spacial score (nSPS) is 19.8. The van der Waals surface area contributed by atoms with Gasteiger partial charge in [-0.2, -0.15) is 5.10 Å². The number of rotatable bonds is 5. The van der Waals surface area contributed by atoms with Gasteiger partial charge < -0.3 is 20.1 Å². The molecule has 3 rings (SSSR count). The molecule has 1 aromatic carbocycles. The zero-order valence-electron chi connectivity index (χ0n) is 15.7. The number of nitrogens with zero attached hydrogens (tertiary/aromatic N) is 3.